The molecule has 1 atom stereocenters. The van der Waals surface area contributed by atoms with E-state index in [9.17, 15) is 5.11 Å². The second-order valence-corrected chi connectivity index (χ2v) is 7.70. The van der Waals surface area contributed by atoms with Crippen LogP contribution < -0.4 is 0 Å². The Morgan fingerprint density at radius 1 is 0.724 bits per heavy atom. The summed E-state index contributed by atoms with van der Waals surface area (Å²) in [5.74, 6) is 0.0953. The van der Waals surface area contributed by atoms with Crippen LogP contribution in [0.4, 0.5) is 0 Å². The van der Waals surface area contributed by atoms with E-state index in [1.807, 2.05) is 44.6 Å². The number of aliphatic hydroxyl groups excluding tert-OH is 1. The lowest BCUT2D eigenvalue weighted by Crippen LogP contribution is -2.37. The molecular formula is C26H26N2O. The zero-order chi connectivity index (χ0) is 20.3. The molecule has 146 valence electrons. The van der Waals surface area contributed by atoms with E-state index >= 15 is 0 Å². The van der Waals surface area contributed by atoms with Crippen LogP contribution >= 0.6 is 0 Å². The fourth-order valence-corrected chi connectivity index (χ4v) is 4.00. The third kappa shape index (κ3) is 3.39. The van der Waals surface area contributed by atoms with Gasteiger partial charge in [0.05, 0.1) is 18.1 Å². The molecule has 3 aromatic carbocycles. The van der Waals surface area contributed by atoms with Crippen molar-refractivity contribution in [1.29, 1.82) is 0 Å². The van der Waals surface area contributed by atoms with Gasteiger partial charge >= 0.3 is 0 Å². The van der Waals surface area contributed by atoms with Gasteiger partial charge in [0, 0.05) is 6.20 Å². The SMILES string of the molecule is CC(C)C(O)c1cn(C(c2ccccc2)(c2ccccc2)c2ccccc2)cn1. The average Bonchev–Trinajstić information content (AvgIpc) is 3.26. The molecule has 0 amide bonds. The maximum absolute atomic E-state index is 10.6. The van der Waals surface area contributed by atoms with Crippen molar-refractivity contribution >= 4 is 0 Å². The second-order valence-electron chi connectivity index (χ2n) is 7.70. The summed E-state index contributed by atoms with van der Waals surface area (Å²) >= 11 is 0. The summed E-state index contributed by atoms with van der Waals surface area (Å²) in [5.41, 5.74) is 3.51. The van der Waals surface area contributed by atoms with Gasteiger partial charge in [-0.05, 0) is 22.6 Å². The first-order valence-corrected chi connectivity index (χ1v) is 10.0. The van der Waals surface area contributed by atoms with Gasteiger partial charge in [0.25, 0.3) is 0 Å². The van der Waals surface area contributed by atoms with Crippen LogP contribution in [-0.2, 0) is 5.54 Å². The number of aromatic nitrogens is 2. The van der Waals surface area contributed by atoms with Gasteiger partial charge in [-0.2, -0.15) is 0 Å². The molecule has 3 heteroatoms. The Morgan fingerprint density at radius 2 is 1.14 bits per heavy atom. The van der Waals surface area contributed by atoms with Crippen LogP contribution in [0.25, 0.3) is 0 Å². The number of hydrogen-bond acceptors (Lipinski definition) is 2. The Bertz CT molecular complexity index is 943. The summed E-state index contributed by atoms with van der Waals surface area (Å²) in [5, 5.41) is 10.6. The minimum atomic E-state index is -0.601. The van der Waals surface area contributed by atoms with Crippen LogP contribution in [0.1, 0.15) is 42.3 Å². The Hall–Kier alpha value is -3.17. The molecule has 0 aliphatic carbocycles. The molecule has 4 rings (SSSR count). The highest BCUT2D eigenvalue weighted by atomic mass is 16.3. The van der Waals surface area contributed by atoms with Gasteiger partial charge in [-0.1, -0.05) is 105 Å². The molecule has 0 aliphatic heterocycles. The average molecular weight is 383 g/mol. The predicted molar refractivity (Wildman–Crippen MR) is 117 cm³/mol. The molecule has 0 spiro atoms. The van der Waals surface area contributed by atoms with E-state index in [0.29, 0.717) is 5.69 Å². The number of benzene rings is 3. The van der Waals surface area contributed by atoms with E-state index in [4.69, 9.17) is 0 Å². The van der Waals surface area contributed by atoms with E-state index in [0.717, 1.165) is 16.7 Å². The molecule has 0 saturated carbocycles. The monoisotopic (exact) mass is 382 g/mol. The summed E-state index contributed by atoms with van der Waals surface area (Å²) < 4.78 is 2.13. The summed E-state index contributed by atoms with van der Waals surface area (Å²) in [6.45, 7) is 4.01. The Kier molecular flexibility index (Phi) is 5.32. The largest absolute Gasteiger partial charge is 0.386 e. The minimum Gasteiger partial charge on any atom is -0.386 e. The molecule has 0 saturated heterocycles. The van der Waals surface area contributed by atoms with Crippen molar-refractivity contribution < 1.29 is 5.11 Å². The van der Waals surface area contributed by atoms with Crippen LogP contribution in [0.5, 0.6) is 0 Å². The van der Waals surface area contributed by atoms with E-state index in [2.05, 4.69) is 82.3 Å². The number of imidazole rings is 1. The van der Waals surface area contributed by atoms with Gasteiger partial charge in [-0.15, -0.1) is 0 Å². The lowest BCUT2D eigenvalue weighted by molar-refractivity contribution is 0.123. The van der Waals surface area contributed by atoms with Gasteiger partial charge in [0.1, 0.15) is 5.54 Å². The van der Waals surface area contributed by atoms with Gasteiger partial charge in [0.15, 0.2) is 0 Å². The molecular weight excluding hydrogens is 356 g/mol. The zero-order valence-corrected chi connectivity index (χ0v) is 16.8. The molecule has 0 fully saturated rings. The zero-order valence-electron chi connectivity index (χ0n) is 16.8. The smallest absolute Gasteiger partial charge is 0.121 e. The normalized spacial score (nSPS) is 12.8. The quantitative estimate of drug-likeness (QED) is 0.453. The Balaban J connectivity index is 2.04. The molecule has 1 heterocycles. The number of nitrogens with zero attached hydrogens (tertiary/aromatic N) is 2. The van der Waals surface area contributed by atoms with Crippen LogP contribution in [0.3, 0.4) is 0 Å². The fourth-order valence-electron chi connectivity index (χ4n) is 4.00. The van der Waals surface area contributed by atoms with E-state index in [-0.39, 0.29) is 5.92 Å². The van der Waals surface area contributed by atoms with Gasteiger partial charge < -0.3 is 9.67 Å². The topological polar surface area (TPSA) is 38.0 Å². The first-order valence-electron chi connectivity index (χ1n) is 10.0. The molecule has 1 N–H and O–H groups in total. The van der Waals surface area contributed by atoms with Crippen molar-refractivity contribution in [3.05, 3.63) is 126 Å². The number of aliphatic hydroxyl groups is 1. The maximum Gasteiger partial charge on any atom is 0.121 e. The fraction of sp³-hybridized carbons (Fsp3) is 0.192. The molecule has 1 unspecified atom stereocenters. The molecule has 4 aromatic rings. The van der Waals surface area contributed by atoms with Crippen molar-refractivity contribution in [3.63, 3.8) is 0 Å². The first kappa shape index (κ1) is 19.2. The summed E-state index contributed by atoms with van der Waals surface area (Å²) in [7, 11) is 0. The van der Waals surface area contributed by atoms with Crippen molar-refractivity contribution in [3.8, 4) is 0 Å². The first-order chi connectivity index (χ1) is 14.1. The standard InChI is InChI=1S/C26H26N2O/c1-20(2)25(29)24-18-28(19-27-24)26(21-12-6-3-7-13-21,22-14-8-4-9-15-22)23-16-10-5-11-17-23/h3-20,25,29H,1-2H3. The Labute approximate surface area is 172 Å². The highest BCUT2D eigenvalue weighted by molar-refractivity contribution is 5.50. The highest BCUT2D eigenvalue weighted by Gasteiger charge is 2.38. The van der Waals surface area contributed by atoms with Crippen LogP contribution in [-0.4, -0.2) is 14.7 Å². The number of hydrogen-bond donors (Lipinski definition) is 1. The maximum atomic E-state index is 10.6. The molecule has 29 heavy (non-hydrogen) atoms. The lowest BCUT2D eigenvalue weighted by Gasteiger charge is -2.37. The third-order valence-corrected chi connectivity index (χ3v) is 5.50. The van der Waals surface area contributed by atoms with Crippen molar-refractivity contribution in [2.45, 2.75) is 25.5 Å². The lowest BCUT2D eigenvalue weighted by atomic mass is 9.77. The molecule has 3 nitrogen and oxygen atoms in total. The van der Waals surface area contributed by atoms with Gasteiger partial charge in [-0.25, -0.2) is 4.98 Å². The minimum absolute atomic E-state index is 0.0953. The molecule has 0 radical (unpaired) electrons. The van der Waals surface area contributed by atoms with E-state index < -0.39 is 11.6 Å². The number of rotatable bonds is 6. The Morgan fingerprint density at radius 3 is 1.52 bits per heavy atom. The van der Waals surface area contributed by atoms with Crippen LogP contribution in [0.15, 0.2) is 104 Å². The van der Waals surface area contributed by atoms with Crippen molar-refractivity contribution in [2.24, 2.45) is 5.92 Å². The predicted octanol–water partition coefficient (Wildman–Crippen LogP) is 5.41. The summed E-state index contributed by atoms with van der Waals surface area (Å²) in [4.78, 5) is 4.59. The van der Waals surface area contributed by atoms with E-state index in [1.165, 1.54) is 0 Å². The van der Waals surface area contributed by atoms with Gasteiger partial charge in [0.2, 0.25) is 0 Å². The van der Waals surface area contributed by atoms with Crippen molar-refractivity contribution in [1.82, 2.24) is 9.55 Å². The molecule has 0 aliphatic rings. The summed E-state index contributed by atoms with van der Waals surface area (Å²) in [6.07, 6.45) is 3.22. The van der Waals surface area contributed by atoms with Crippen LogP contribution in [0, 0.1) is 5.92 Å². The highest BCUT2D eigenvalue weighted by Crippen LogP contribution is 2.41. The molecule has 1 aromatic heterocycles. The van der Waals surface area contributed by atoms with E-state index in [1.54, 1.807) is 0 Å². The third-order valence-electron chi connectivity index (χ3n) is 5.50. The second kappa shape index (κ2) is 8.06. The van der Waals surface area contributed by atoms with Crippen molar-refractivity contribution in [2.75, 3.05) is 0 Å². The van der Waals surface area contributed by atoms with Gasteiger partial charge in [-0.3, -0.25) is 0 Å². The van der Waals surface area contributed by atoms with Crippen LogP contribution in [0.2, 0.25) is 0 Å². The summed E-state index contributed by atoms with van der Waals surface area (Å²) in [6, 6.07) is 31.4. The molecule has 0 bridgehead atoms.